The van der Waals surface area contributed by atoms with E-state index in [-0.39, 0.29) is 11.9 Å². The van der Waals surface area contributed by atoms with Crippen molar-refractivity contribution in [1.82, 2.24) is 9.80 Å². The first-order valence-electron chi connectivity index (χ1n) is 10.7. The Morgan fingerprint density at radius 1 is 0.903 bits per heavy atom. The van der Waals surface area contributed by atoms with Crippen molar-refractivity contribution in [3.8, 4) is 23.0 Å². The third-order valence-corrected chi connectivity index (χ3v) is 5.99. The smallest absolute Gasteiger partial charge is 0.241 e. The Hall–Kier alpha value is -2.97. The molecule has 0 saturated carbocycles. The molecule has 0 radical (unpaired) electrons. The van der Waals surface area contributed by atoms with Gasteiger partial charge in [-0.3, -0.25) is 14.6 Å². The molecule has 8 nitrogen and oxygen atoms in total. The molecule has 1 atom stereocenters. The van der Waals surface area contributed by atoms with Crippen molar-refractivity contribution in [2.75, 3.05) is 51.5 Å². The molecule has 0 unspecified atom stereocenters. The predicted octanol–water partition coefficient (Wildman–Crippen LogP) is 2.33. The van der Waals surface area contributed by atoms with Crippen LogP contribution in [0.25, 0.3) is 0 Å². The molecule has 3 aliphatic rings. The number of benzene rings is 2. The molecule has 2 aromatic carbocycles. The highest BCUT2D eigenvalue weighted by Crippen LogP contribution is 2.33. The highest BCUT2D eigenvalue weighted by molar-refractivity contribution is 5.94. The van der Waals surface area contributed by atoms with Crippen molar-refractivity contribution < 1.29 is 23.7 Å². The Kier molecular flexibility index (Phi) is 5.57. The standard InChI is InChI=1S/C23H27N3O5/c1-16(23(27)24-18-3-5-19-22(13-18)29-11-10-28-19)26-8-6-25(7-9-26)14-17-2-4-20-21(12-17)31-15-30-20/h2-5,12-13,16H,6-11,14-15H2,1H3,(H,24,27)/t16-/m0/s1. The summed E-state index contributed by atoms with van der Waals surface area (Å²) in [5, 5.41) is 3.01. The van der Waals surface area contributed by atoms with Gasteiger partial charge in [-0.05, 0) is 36.8 Å². The first-order valence-corrected chi connectivity index (χ1v) is 10.7. The van der Waals surface area contributed by atoms with Crippen molar-refractivity contribution in [3.05, 3.63) is 42.0 Å². The van der Waals surface area contributed by atoms with Gasteiger partial charge >= 0.3 is 0 Å². The molecule has 0 spiro atoms. The number of anilines is 1. The monoisotopic (exact) mass is 425 g/mol. The predicted molar refractivity (Wildman–Crippen MR) is 115 cm³/mol. The number of hydrogen-bond acceptors (Lipinski definition) is 7. The van der Waals surface area contributed by atoms with E-state index in [1.165, 1.54) is 5.56 Å². The average molecular weight is 425 g/mol. The summed E-state index contributed by atoms with van der Waals surface area (Å²) in [4.78, 5) is 17.4. The van der Waals surface area contributed by atoms with Gasteiger partial charge in [-0.25, -0.2) is 0 Å². The van der Waals surface area contributed by atoms with Gasteiger partial charge in [0.2, 0.25) is 12.7 Å². The Labute approximate surface area is 181 Å². The first kappa shape index (κ1) is 20.0. The summed E-state index contributed by atoms with van der Waals surface area (Å²) in [6, 6.07) is 11.4. The fraction of sp³-hybridized carbons (Fsp3) is 0.435. The SMILES string of the molecule is C[C@@H](C(=O)Nc1ccc2c(c1)OCCO2)N1CCN(Cc2ccc3c(c2)OCO3)CC1. The van der Waals surface area contributed by atoms with Gasteiger partial charge in [-0.15, -0.1) is 0 Å². The molecule has 1 N–H and O–H groups in total. The lowest BCUT2D eigenvalue weighted by Gasteiger charge is -2.37. The zero-order chi connectivity index (χ0) is 21.2. The van der Waals surface area contributed by atoms with Gasteiger partial charge in [-0.2, -0.15) is 0 Å². The third-order valence-electron chi connectivity index (χ3n) is 5.99. The number of rotatable bonds is 5. The molecule has 31 heavy (non-hydrogen) atoms. The van der Waals surface area contributed by atoms with Crippen molar-refractivity contribution in [2.45, 2.75) is 19.5 Å². The average Bonchev–Trinajstić information content (AvgIpc) is 3.27. The second kappa shape index (κ2) is 8.64. The van der Waals surface area contributed by atoms with Crippen LogP contribution in [0.5, 0.6) is 23.0 Å². The molecule has 0 bridgehead atoms. The van der Waals surface area contributed by atoms with Gasteiger partial charge in [0.15, 0.2) is 23.0 Å². The maximum Gasteiger partial charge on any atom is 0.241 e. The van der Waals surface area contributed by atoms with Gasteiger partial charge in [0.05, 0.1) is 6.04 Å². The Morgan fingerprint density at radius 3 is 2.42 bits per heavy atom. The van der Waals surface area contributed by atoms with Crippen molar-refractivity contribution in [3.63, 3.8) is 0 Å². The fourth-order valence-corrected chi connectivity index (χ4v) is 4.14. The number of nitrogens with one attached hydrogen (secondary N) is 1. The van der Waals surface area contributed by atoms with Crippen LogP contribution in [-0.4, -0.2) is 67.9 Å². The van der Waals surface area contributed by atoms with Crippen LogP contribution >= 0.6 is 0 Å². The Bertz CT molecular complexity index is 958. The normalized spacial score (nSPS) is 19.1. The van der Waals surface area contributed by atoms with Crippen LogP contribution in [0, 0.1) is 0 Å². The molecule has 3 aliphatic heterocycles. The zero-order valence-corrected chi connectivity index (χ0v) is 17.6. The molecule has 2 aromatic rings. The van der Waals surface area contributed by atoms with Crippen molar-refractivity contribution in [2.24, 2.45) is 0 Å². The van der Waals surface area contributed by atoms with Crippen LogP contribution in [0.2, 0.25) is 0 Å². The summed E-state index contributed by atoms with van der Waals surface area (Å²) in [7, 11) is 0. The van der Waals surface area contributed by atoms with Gasteiger partial charge in [0, 0.05) is 44.5 Å². The maximum absolute atomic E-state index is 12.8. The second-order valence-corrected chi connectivity index (χ2v) is 8.02. The summed E-state index contributed by atoms with van der Waals surface area (Å²) in [6.07, 6.45) is 0. The Morgan fingerprint density at radius 2 is 1.58 bits per heavy atom. The molecular formula is C23H27N3O5. The summed E-state index contributed by atoms with van der Waals surface area (Å²) < 4.78 is 22.0. The van der Waals surface area contributed by atoms with Crippen LogP contribution in [0.3, 0.4) is 0 Å². The minimum Gasteiger partial charge on any atom is -0.486 e. The largest absolute Gasteiger partial charge is 0.486 e. The van der Waals surface area contributed by atoms with Crippen LogP contribution in [0.15, 0.2) is 36.4 Å². The van der Waals surface area contributed by atoms with Gasteiger partial charge in [0.1, 0.15) is 13.2 Å². The number of carbonyl (C=O) groups excluding carboxylic acids is 1. The number of ether oxygens (including phenoxy) is 4. The van der Waals surface area contributed by atoms with E-state index >= 15 is 0 Å². The maximum atomic E-state index is 12.8. The molecule has 1 fully saturated rings. The van der Waals surface area contributed by atoms with Crippen molar-refractivity contribution in [1.29, 1.82) is 0 Å². The summed E-state index contributed by atoms with van der Waals surface area (Å²) in [5.74, 6) is 3.01. The Balaban J connectivity index is 1.13. The highest BCUT2D eigenvalue weighted by Gasteiger charge is 2.26. The van der Waals surface area contributed by atoms with E-state index < -0.39 is 0 Å². The first-order chi connectivity index (χ1) is 15.2. The number of nitrogens with zero attached hydrogens (tertiary/aromatic N) is 2. The zero-order valence-electron chi connectivity index (χ0n) is 17.6. The van der Waals surface area contributed by atoms with Gasteiger partial charge in [0.25, 0.3) is 0 Å². The minimum atomic E-state index is -0.208. The van der Waals surface area contributed by atoms with E-state index in [0.717, 1.165) is 55.7 Å². The molecule has 164 valence electrons. The molecule has 0 aromatic heterocycles. The summed E-state index contributed by atoms with van der Waals surface area (Å²) >= 11 is 0. The number of fused-ring (bicyclic) bond motifs is 2. The van der Waals surface area contributed by atoms with E-state index in [0.29, 0.717) is 25.8 Å². The van der Waals surface area contributed by atoms with E-state index in [1.54, 1.807) is 0 Å². The van der Waals surface area contributed by atoms with Gasteiger partial charge in [-0.1, -0.05) is 6.07 Å². The van der Waals surface area contributed by atoms with E-state index in [1.807, 2.05) is 31.2 Å². The molecule has 0 aliphatic carbocycles. The summed E-state index contributed by atoms with van der Waals surface area (Å²) in [5.41, 5.74) is 1.93. The van der Waals surface area contributed by atoms with Crippen LogP contribution in [-0.2, 0) is 11.3 Å². The quantitative estimate of drug-likeness (QED) is 0.788. The number of amides is 1. The van der Waals surface area contributed by atoms with Crippen LogP contribution < -0.4 is 24.3 Å². The summed E-state index contributed by atoms with van der Waals surface area (Å²) in [6.45, 7) is 7.72. The van der Waals surface area contributed by atoms with Crippen LogP contribution in [0.1, 0.15) is 12.5 Å². The molecule has 8 heteroatoms. The van der Waals surface area contributed by atoms with Gasteiger partial charge < -0.3 is 24.3 Å². The lowest BCUT2D eigenvalue weighted by Crippen LogP contribution is -2.52. The third kappa shape index (κ3) is 4.40. The van der Waals surface area contributed by atoms with Crippen LogP contribution in [0.4, 0.5) is 5.69 Å². The van der Waals surface area contributed by atoms with E-state index in [2.05, 4.69) is 27.2 Å². The lowest BCUT2D eigenvalue weighted by molar-refractivity contribution is -0.121. The molecule has 1 amide bonds. The molecule has 5 rings (SSSR count). The van der Waals surface area contributed by atoms with Crippen molar-refractivity contribution >= 4 is 11.6 Å². The molecule has 3 heterocycles. The number of piperazine rings is 1. The van der Waals surface area contributed by atoms with E-state index in [9.17, 15) is 4.79 Å². The van der Waals surface area contributed by atoms with E-state index in [4.69, 9.17) is 18.9 Å². The highest BCUT2D eigenvalue weighted by atomic mass is 16.7. The number of hydrogen-bond donors (Lipinski definition) is 1. The second-order valence-electron chi connectivity index (χ2n) is 8.02. The number of carbonyl (C=O) groups is 1. The lowest BCUT2D eigenvalue weighted by atomic mass is 10.1. The topological polar surface area (TPSA) is 72.5 Å². The molecular weight excluding hydrogens is 398 g/mol. The minimum absolute atomic E-state index is 0.0131. The molecule has 1 saturated heterocycles. The fourth-order valence-electron chi connectivity index (χ4n) is 4.14.